The highest BCUT2D eigenvalue weighted by Crippen LogP contribution is 2.41. The van der Waals surface area contributed by atoms with E-state index >= 15 is 0 Å². The molecule has 4 unspecified atom stereocenters. The molecule has 1 aliphatic carbocycles. The van der Waals surface area contributed by atoms with Crippen LogP contribution in [0.1, 0.15) is 26.7 Å². The summed E-state index contributed by atoms with van der Waals surface area (Å²) in [4.78, 5) is 23.0. The Morgan fingerprint density at radius 1 is 1.47 bits per heavy atom. The van der Waals surface area contributed by atoms with Gasteiger partial charge in [0.05, 0.1) is 11.8 Å². The highest BCUT2D eigenvalue weighted by molar-refractivity contribution is 5.97. The van der Waals surface area contributed by atoms with Crippen molar-refractivity contribution in [1.82, 2.24) is 0 Å². The van der Waals surface area contributed by atoms with Gasteiger partial charge in [-0.1, -0.05) is 32.4 Å². The van der Waals surface area contributed by atoms with E-state index in [-0.39, 0.29) is 29.7 Å². The first-order valence-corrected chi connectivity index (χ1v) is 5.57. The van der Waals surface area contributed by atoms with Crippen molar-refractivity contribution in [1.29, 1.82) is 0 Å². The van der Waals surface area contributed by atoms with Crippen LogP contribution >= 0.6 is 0 Å². The Balaban J connectivity index is 2.26. The molecule has 1 aliphatic heterocycles. The maximum atomic E-state index is 11.6. The molecule has 82 valence electrons. The fourth-order valence-electron chi connectivity index (χ4n) is 2.54. The summed E-state index contributed by atoms with van der Waals surface area (Å²) in [6.07, 6.45) is 5.76. The minimum Gasteiger partial charge on any atom is -0.393 e. The van der Waals surface area contributed by atoms with Crippen molar-refractivity contribution < 1.29 is 14.3 Å². The average molecular weight is 208 g/mol. The second-order valence-electron chi connectivity index (χ2n) is 4.50. The maximum Gasteiger partial charge on any atom is 0.318 e. The van der Waals surface area contributed by atoms with Gasteiger partial charge in [-0.15, -0.1) is 0 Å². The van der Waals surface area contributed by atoms with E-state index in [1.54, 1.807) is 0 Å². The molecule has 0 spiro atoms. The zero-order chi connectivity index (χ0) is 11.0. The number of ether oxygens (including phenoxy) is 1. The minimum absolute atomic E-state index is 0.174. The molecule has 15 heavy (non-hydrogen) atoms. The molecule has 0 aromatic rings. The predicted molar refractivity (Wildman–Crippen MR) is 54.8 cm³/mol. The molecule has 0 radical (unpaired) electrons. The van der Waals surface area contributed by atoms with Crippen LogP contribution in [0.3, 0.4) is 0 Å². The molecule has 0 N–H and O–H groups in total. The monoisotopic (exact) mass is 208 g/mol. The number of cyclic esters (lactones) is 2. The van der Waals surface area contributed by atoms with Gasteiger partial charge in [-0.3, -0.25) is 9.59 Å². The van der Waals surface area contributed by atoms with Crippen LogP contribution in [0, 0.1) is 23.7 Å². The van der Waals surface area contributed by atoms with Crippen LogP contribution in [0.4, 0.5) is 0 Å². The van der Waals surface area contributed by atoms with E-state index < -0.39 is 0 Å². The third-order valence-corrected chi connectivity index (χ3v) is 3.67. The molecule has 0 amide bonds. The summed E-state index contributed by atoms with van der Waals surface area (Å²) in [5, 5.41) is 0. The van der Waals surface area contributed by atoms with E-state index in [1.165, 1.54) is 0 Å². The van der Waals surface area contributed by atoms with Crippen molar-refractivity contribution in [2.24, 2.45) is 23.7 Å². The molecule has 2 aliphatic rings. The summed E-state index contributed by atoms with van der Waals surface area (Å²) in [5.41, 5.74) is 0. The van der Waals surface area contributed by atoms with Gasteiger partial charge in [0.1, 0.15) is 0 Å². The van der Waals surface area contributed by atoms with Crippen molar-refractivity contribution in [2.75, 3.05) is 0 Å². The maximum absolute atomic E-state index is 11.6. The molecular weight excluding hydrogens is 192 g/mol. The van der Waals surface area contributed by atoms with E-state index in [4.69, 9.17) is 4.74 Å². The Kier molecular flexibility index (Phi) is 2.63. The summed E-state index contributed by atoms with van der Waals surface area (Å²) in [5.74, 6) is -0.499. The summed E-state index contributed by atoms with van der Waals surface area (Å²) in [6.45, 7) is 4.22. The summed E-state index contributed by atoms with van der Waals surface area (Å²) in [7, 11) is 0. The van der Waals surface area contributed by atoms with Crippen molar-refractivity contribution in [3.05, 3.63) is 12.2 Å². The van der Waals surface area contributed by atoms with E-state index in [0.717, 1.165) is 6.42 Å². The Labute approximate surface area is 89.5 Å². The van der Waals surface area contributed by atoms with Crippen LogP contribution in [-0.4, -0.2) is 11.9 Å². The molecule has 1 fully saturated rings. The number of hydrogen-bond acceptors (Lipinski definition) is 3. The van der Waals surface area contributed by atoms with Crippen LogP contribution in [0.5, 0.6) is 0 Å². The molecule has 4 atom stereocenters. The molecule has 0 saturated carbocycles. The lowest BCUT2D eigenvalue weighted by molar-refractivity contribution is -0.154. The fraction of sp³-hybridized carbons (Fsp3) is 0.667. The Morgan fingerprint density at radius 3 is 2.87 bits per heavy atom. The molecule has 1 saturated heterocycles. The SMILES string of the molecule is CCC(C)C1C=CCC2C(=O)OC(=O)C21. The van der Waals surface area contributed by atoms with Crippen molar-refractivity contribution in [2.45, 2.75) is 26.7 Å². The topological polar surface area (TPSA) is 43.4 Å². The lowest BCUT2D eigenvalue weighted by atomic mass is 9.71. The highest BCUT2D eigenvalue weighted by Gasteiger charge is 2.49. The second kappa shape index (κ2) is 3.80. The van der Waals surface area contributed by atoms with Gasteiger partial charge in [0.25, 0.3) is 0 Å². The van der Waals surface area contributed by atoms with Gasteiger partial charge in [-0.2, -0.15) is 0 Å². The fourth-order valence-corrected chi connectivity index (χ4v) is 2.54. The lowest BCUT2D eigenvalue weighted by Gasteiger charge is -2.29. The van der Waals surface area contributed by atoms with Crippen LogP contribution < -0.4 is 0 Å². The zero-order valence-electron chi connectivity index (χ0n) is 9.10. The van der Waals surface area contributed by atoms with Gasteiger partial charge in [-0.05, 0) is 18.3 Å². The zero-order valence-corrected chi connectivity index (χ0v) is 9.10. The quantitative estimate of drug-likeness (QED) is 0.395. The van der Waals surface area contributed by atoms with E-state index in [0.29, 0.717) is 12.3 Å². The average Bonchev–Trinajstić information content (AvgIpc) is 2.54. The molecular formula is C12H16O3. The third-order valence-electron chi connectivity index (χ3n) is 3.67. The number of esters is 2. The first-order chi connectivity index (χ1) is 7.15. The van der Waals surface area contributed by atoms with Crippen LogP contribution in [0.2, 0.25) is 0 Å². The molecule has 0 aromatic heterocycles. The Hall–Kier alpha value is -1.12. The normalized spacial score (nSPS) is 36.3. The highest BCUT2D eigenvalue weighted by atomic mass is 16.6. The van der Waals surface area contributed by atoms with Gasteiger partial charge in [0, 0.05) is 0 Å². The summed E-state index contributed by atoms with van der Waals surface area (Å²) < 4.78 is 4.72. The summed E-state index contributed by atoms with van der Waals surface area (Å²) >= 11 is 0. The van der Waals surface area contributed by atoms with Gasteiger partial charge in [0.15, 0.2) is 0 Å². The molecule has 2 rings (SSSR count). The van der Waals surface area contributed by atoms with Crippen molar-refractivity contribution in [3.8, 4) is 0 Å². The second-order valence-corrected chi connectivity index (χ2v) is 4.50. The first kappa shape index (κ1) is 10.4. The van der Waals surface area contributed by atoms with Crippen LogP contribution in [0.25, 0.3) is 0 Å². The van der Waals surface area contributed by atoms with Crippen LogP contribution in [-0.2, 0) is 14.3 Å². The minimum atomic E-state index is -0.331. The molecule has 0 bridgehead atoms. The number of carbonyl (C=O) groups excluding carboxylic acids is 2. The van der Waals surface area contributed by atoms with Crippen molar-refractivity contribution >= 4 is 11.9 Å². The van der Waals surface area contributed by atoms with Gasteiger partial charge >= 0.3 is 11.9 Å². The molecule has 1 heterocycles. The Morgan fingerprint density at radius 2 is 2.20 bits per heavy atom. The lowest BCUT2D eigenvalue weighted by Crippen LogP contribution is -2.31. The smallest absolute Gasteiger partial charge is 0.318 e. The standard InChI is InChI=1S/C12H16O3/c1-3-7(2)8-5-4-6-9-10(8)12(14)15-11(9)13/h4-5,7-10H,3,6H2,1-2H3. The van der Waals surface area contributed by atoms with E-state index in [1.807, 2.05) is 6.08 Å². The molecule has 0 aromatic carbocycles. The number of rotatable bonds is 2. The number of allylic oxidation sites excluding steroid dienone is 2. The molecule has 3 heteroatoms. The van der Waals surface area contributed by atoms with Crippen LogP contribution in [0.15, 0.2) is 12.2 Å². The van der Waals surface area contributed by atoms with Gasteiger partial charge < -0.3 is 4.74 Å². The first-order valence-electron chi connectivity index (χ1n) is 5.57. The van der Waals surface area contributed by atoms with Crippen molar-refractivity contribution in [3.63, 3.8) is 0 Å². The number of fused-ring (bicyclic) bond motifs is 1. The summed E-state index contributed by atoms with van der Waals surface area (Å²) in [6, 6.07) is 0. The number of carbonyl (C=O) groups is 2. The predicted octanol–water partition coefficient (Wildman–Crippen LogP) is 1.92. The van der Waals surface area contributed by atoms with E-state index in [2.05, 4.69) is 19.9 Å². The largest absolute Gasteiger partial charge is 0.393 e. The molecule has 3 nitrogen and oxygen atoms in total. The number of hydrogen-bond donors (Lipinski definition) is 0. The van der Waals surface area contributed by atoms with E-state index in [9.17, 15) is 9.59 Å². The Bertz CT molecular complexity index is 319. The van der Waals surface area contributed by atoms with Gasteiger partial charge in [-0.25, -0.2) is 0 Å². The van der Waals surface area contributed by atoms with Gasteiger partial charge in [0.2, 0.25) is 0 Å². The third kappa shape index (κ3) is 1.60.